The summed E-state index contributed by atoms with van der Waals surface area (Å²) in [7, 11) is -1.96. The van der Waals surface area contributed by atoms with Crippen molar-refractivity contribution in [2.75, 3.05) is 32.3 Å². The minimum atomic E-state index is -1.70. The summed E-state index contributed by atoms with van der Waals surface area (Å²) in [6.45, 7) is 25.6. The Hall–Kier alpha value is -9.42. The molecule has 1 aliphatic rings. The van der Waals surface area contributed by atoms with E-state index in [0.717, 1.165) is 120 Å². The maximum absolute atomic E-state index is 13.4. The molecule has 0 radical (unpaired) electrons. The number of imide groups is 1. The highest BCUT2D eigenvalue weighted by Gasteiger charge is 2.39. The molecule has 101 heavy (non-hydrogen) atoms. The van der Waals surface area contributed by atoms with Crippen LogP contribution in [0.25, 0.3) is 87.7 Å². The summed E-state index contributed by atoms with van der Waals surface area (Å²) in [4.78, 5) is 62.0. The average Bonchev–Trinajstić information content (AvgIpc) is 1.59. The number of ketones is 1. The van der Waals surface area contributed by atoms with Gasteiger partial charge in [0.1, 0.15) is 5.69 Å². The third kappa shape index (κ3) is 17.0. The summed E-state index contributed by atoms with van der Waals surface area (Å²) < 4.78 is 24.5. The third-order valence-electron chi connectivity index (χ3n) is 19.1. The number of fused-ring (bicyclic) bond motifs is 6. The van der Waals surface area contributed by atoms with Crippen LogP contribution in [0.3, 0.4) is 0 Å². The van der Waals surface area contributed by atoms with Crippen molar-refractivity contribution in [3.8, 4) is 11.4 Å². The van der Waals surface area contributed by atoms with Crippen molar-refractivity contribution in [3.05, 3.63) is 217 Å². The minimum absolute atomic E-state index is 0. The molecule has 5 heterocycles. The number of primary amides is 1. The van der Waals surface area contributed by atoms with Crippen molar-refractivity contribution >= 4 is 138 Å². The van der Waals surface area contributed by atoms with Gasteiger partial charge in [-0.3, -0.25) is 33.9 Å². The van der Waals surface area contributed by atoms with Gasteiger partial charge in [-0.1, -0.05) is 198 Å². The van der Waals surface area contributed by atoms with Crippen molar-refractivity contribution in [1.29, 1.82) is 0 Å². The van der Waals surface area contributed by atoms with Gasteiger partial charge < -0.3 is 33.6 Å². The number of Topliss-reactive ketones (excluding diaryl/α,β-unsaturated/α-hetero) is 1. The molecule has 0 fully saturated rings. The second-order valence-electron chi connectivity index (χ2n) is 27.9. The third-order valence-corrected chi connectivity index (χ3v) is 28.7. The molecule has 0 aliphatic carbocycles. The zero-order valence-corrected chi connectivity index (χ0v) is 62.5. The number of halogens is 1. The van der Waals surface area contributed by atoms with Gasteiger partial charge in [-0.2, -0.15) is 10.2 Å². The van der Waals surface area contributed by atoms with Crippen LogP contribution >= 0.6 is 15.9 Å². The maximum atomic E-state index is 13.4. The first-order valence-electron chi connectivity index (χ1n) is 33.8. The first-order valence-corrected chi connectivity index (χ1v) is 40.7. The fraction of sp³-hybridized carbons (Fsp3) is 0.296. The lowest BCUT2D eigenvalue weighted by Gasteiger charge is -2.36. The Morgan fingerprint density at radius 3 is 1.52 bits per heavy atom. The number of hydrogen-bond donors (Lipinski definition) is 3. The fourth-order valence-electron chi connectivity index (χ4n) is 11.7. The van der Waals surface area contributed by atoms with E-state index in [1.807, 2.05) is 155 Å². The quantitative estimate of drug-likeness (QED) is 0.0124. The lowest BCUT2D eigenvalue weighted by Crippen LogP contribution is -2.41. The van der Waals surface area contributed by atoms with E-state index in [0.29, 0.717) is 40.4 Å². The van der Waals surface area contributed by atoms with Gasteiger partial charge in [-0.05, 0) is 126 Å². The number of aliphatic hydroxyl groups is 1. The van der Waals surface area contributed by atoms with Gasteiger partial charge in [0.25, 0.3) is 17.6 Å². The summed E-state index contributed by atoms with van der Waals surface area (Å²) in [5.74, 6) is -2.76. The van der Waals surface area contributed by atoms with Gasteiger partial charge in [-0.25, -0.2) is 4.79 Å². The second kappa shape index (κ2) is 32.5. The van der Waals surface area contributed by atoms with Crippen molar-refractivity contribution < 1.29 is 42.7 Å². The molecule has 0 unspecified atom stereocenters. The average molecular weight is 1460 g/mol. The molecular weight excluding hydrogens is 1370 g/mol. The Kier molecular flexibility index (Phi) is 24.4. The molecular formula is C81H93BrN8O9Si2. The Balaban J connectivity index is 0.000000168. The van der Waals surface area contributed by atoms with Crippen LogP contribution < -0.4 is 11.1 Å². The Bertz CT molecular complexity index is 5030. The first-order chi connectivity index (χ1) is 47.7. The number of hydrogen-bond acceptors (Lipinski definition) is 11. The molecule has 17 nitrogen and oxygen atoms in total. The van der Waals surface area contributed by atoms with E-state index in [-0.39, 0.29) is 37.0 Å². The molecule has 4 N–H and O–H groups in total. The minimum Gasteiger partial charge on any atom is -0.463 e. The summed E-state index contributed by atoms with van der Waals surface area (Å²) in [6.07, 6.45) is 6.36. The van der Waals surface area contributed by atoms with Crippen LogP contribution in [0.4, 0.5) is 0 Å². The predicted octanol–water partition coefficient (Wildman–Crippen LogP) is 17.1. The second-order valence-corrected chi connectivity index (χ2v) is 38.3. The van der Waals surface area contributed by atoms with Crippen molar-refractivity contribution in [3.63, 3.8) is 0 Å². The number of methoxy groups -OCH3 is 1. The number of aryl methyl sites for hydroxylation is 2. The van der Waals surface area contributed by atoms with Crippen LogP contribution in [0, 0.1) is 0 Å². The SMILES string of the molecule is C.CC(C)(C)[Si](C)(C)OCCCBr.CC(C)(C)[Si](C)(C)OCCCn1nc(CC(N)=O)c2ccccc21.COC(=O)C(=O)c1cn(-c2ccc3ccccc3c2)c2ccccc12.O=C1NC(=O)C(c2nn(CCCO)c3ccccc23)=C1c1cn(-c2ccc3ccccc3c2)c2ccccc12. The van der Waals surface area contributed by atoms with Gasteiger partial charge in [-0.15, -0.1) is 0 Å². The number of aromatic nitrogens is 6. The van der Waals surface area contributed by atoms with Crippen LogP contribution in [0.1, 0.15) is 95.5 Å². The number of nitrogens with zero attached hydrogens (tertiary/aromatic N) is 6. The summed E-state index contributed by atoms with van der Waals surface area (Å²) in [5.41, 5.74) is 13.7. The zero-order valence-electron chi connectivity index (χ0n) is 58.9. The summed E-state index contributed by atoms with van der Waals surface area (Å²) in [6, 6.07) is 59.7. The molecule has 3 amide bonds. The van der Waals surface area contributed by atoms with E-state index in [1.54, 1.807) is 10.9 Å². The number of aliphatic hydroxyl groups excluding tert-OH is 1. The number of ether oxygens (including phenoxy) is 1. The molecule has 20 heteroatoms. The molecule has 13 rings (SSSR count). The Labute approximate surface area is 601 Å². The molecule has 0 atom stereocenters. The molecule has 0 saturated heterocycles. The standard InChI is InChI=1S/C32H24N4O3.C21H15NO3.C18H29N3O2Si.C9H21BrOSi.CH4/c37-17-7-16-36-27-13-6-4-11-24(27)30(34-36)29-28(31(38)33-32(29)39)25-19-35(26-12-5-3-10-23(25)26)22-15-14-20-8-1-2-9-21(20)18-22;1-25-21(24)20(23)18-13-22(19-9-5-4-8-17(18)19)16-11-10-14-6-2-3-7-15(14)12-16;1-18(2,3)24(4,5)23-12-8-11-21-16-10-7-6-9-14(16)15(20-21)13-17(19)22;1-9(2,3)12(4,5)11-8-6-7-10;/h1-6,8-15,18-19,37H,7,16-17H2,(H,33,38,39);2-13H,1H3;6-7,9-10H,8,11-13H2,1-5H3,(H2,19,22);6-8H2,1-5H3;1H4. The Morgan fingerprint density at radius 2 is 0.990 bits per heavy atom. The smallest absolute Gasteiger partial charge is 0.379 e. The molecule has 0 bridgehead atoms. The molecule has 0 saturated carbocycles. The zero-order chi connectivity index (χ0) is 71.7. The van der Waals surface area contributed by atoms with Crippen LogP contribution in [0.2, 0.25) is 36.3 Å². The highest BCUT2D eigenvalue weighted by atomic mass is 79.9. The Morgan fingerprint density at radius 1 is 0.545 bits per heavy atom. The fourth-order valence-corrected chi connectivity index (χ4v) is 14.1. The van der Waals surface area contributed by atoms with E-state index in [2.05, 4.69) is 146 Å². The van der Waals surface area contributed by atoms with Crippen LogP contribution in [-0.4, -0.2) is 112 Å². The number of nitrogens with one attached hydrogen (secondary N) is 1. The van der Waals surface area contributed by atoms with Gasteiger partial charge >= 0.3 is 5.97 Å². The van der Waals surface area contributed by atoms with E-state index < -0.39 is 40.2 Å². The van der Waals surface area contributed by atoms with Crippen LogP contribution in [-0.2, 0) is 52.3 Å². The predicted molar refractivity (Wildman–Crippen MR) is 418 cm³/mol. The van der Waals surface area contributed by atoms with Crippen LogP contribution in [0.5, 0.6) is 0 Å². The highest BCUT2D eigenvalue weighted by molar-refractivity contribution is 9.09. The van der Waals surface area contributed by atoms with Crippen molar-refractivity contribution in [1.82, 2.24) is 34.0 Å². The number of rotatable bonds is 20. The van der Waals surface area contributed by atoms with Gasteiger partial charge in [0.2, 0.25) is 5.91 Å². The number of alkyl halides is 1. The molecule has 1 aliphatic heterocycles. The van der Waals surface area contributed by atoms with Gasteiger partial charge in [0.05, 0.1) is 58.0 Å². The number of carbonyl (C=O) groups is 5. The number of nitrogens with two attached hydrogens (primary N) is 1. The van der Waals surface area contributed by atoms with Crippen molar-refractivity contribution in [2.24, 2.45) is 5.73 Å². The van der Waals surface area contributed by atoms with E-state index in [4.69, 9.17) is 19.7 Å². The lowest BCUT2D eigenvalue weighted by atomic mass is 9.97. The first kappa shape index (κ1) is 75.8. The molecule has 0 spiro atoms. The monoisotopic (exact) mass is 1460 g/mol. The van der Waals surface area contributed by atoms with Gasteiger partial charge in [0.15, 0.2) is 16.6 Å². The van der Waals surface area contributed by atoms with E-state index in [1.165, 1.54) is 7.11 Å². The number of benzene rings is 8. The normalized spacial score (nSPS) is 12.6. The van der Waals surface area contributed by atoms with E-state index >= 15 is 0 Å². The van der Waals surface area contributed by atoms with Crippen molar-refractivity contribution in [2.45, 2.75) is 124 Å². The topological polar surface area (TPSA) is 217 Å². The van der Waals surface area contributed by atoms with E-state index in [9.17, 15) is 29.1 Å². The molecule has 526 valence electrons. The number of amides is 3. The summed E-state index contributed by atoms with van der Waals surface area (Å²) >= 11 is 3.40. The highest BCUT2D eigenvalue weighted by Crippen LogP contribution is 2.41. The lowest BCUT2D eigenvalue weighted by molar-refractivity contribution is -0.135. The summed E-state index contributed by atoms with van der Waals surface area (Å²) in [5, 5.41) is 30.8. The molecule has 8 aromatic carbocycles. The number of para-hydroxylation sites is 4. The maximum Gasteiger partial charge on any atom is 0.379 e. The van der Waals surface area contributed by atoms with Gasteiger partial charge in [0, 0.05) is 89.1 Å². The molecule has 12 aromatic rings. The largest absolute Gasteiger partial charge is 0.463 e. The number of carbonyl (C=O) groups excluding carboxylic acids is 5. The number of esters is 1. The molecule has 4 aromatic heterocycles. The van der Waals surface area contributed by atoms with Crippen LogP contribution in [0.15, 0.2) is 194 Å².